The van der Waals surface area contributed by atoms with E-state index in [1.165, 1.54) is 42.1 Å². The van der Waals surface area contributed by atoms with E-state index in [0.717, 1.165) is 31.6 Å². The van der Waals surface area contributed by atoms with Gasteiger partial charge in [-0.25, -0.2) is 0 Å². The zero-order chi connectivity index (χ0) is 36.3. The van der Waals surface area contributed by atoms with Gasteiger partial charge in [0.1, 0.15) is 5.78 Å². The molecule has 1 fully saturated rings. The average molecular weight is 752 g/mol. The number of hydrogen-bond donors (Lipinski definition) is 2. The molecule has 1 heterocycles. The number of carboxylic acid groups (broad SMARTS) is 2. The summed E-state index contributed by atoms with van der Waals surface area (Å²) in [7, 11) is 0. The van der Waals surface area contributed by atoms with Crippen molar-refractivity contribution in [1.82, 2.24) is 0 Å². The van der Waals surface area contributed by atoms with E-state index in [1.807, 2.05) is 6.92 Å². The van der Waals surface area contributed by atoms with Gasteiger partial charge in [0.05, 0.1) is 0 Å². The zero-order valence-corrected chi connectivity index (χ0v) is 32.9. The number of allylic oxidation sites excluding steroid dienone is 1. The number of benzene rings is 3. The monoisotopic (exact) mass is 750 g/mol. The van der Waals surface area contributed by atoms with Gasteiger partial charge in [-0.15, -0.1) is 6.58 Å². The Morgan fingerprint density at radius 3 is 1.29 bits per heavy atom. The van der Waals surface area contributed by atoms with Crippen molar-refractivity contribution in [3.05, 3.63) is 110 Å². The molecule has 6 nitrogen and oxygen atoms in total. The second kappa shape index (κ2) is 28.2. The molecular weight excluding hydrogens is 694 g/mol. The molecule has 3 aromatic carbocycles. The molecule has 1 saturated heterocycles. The van der Waals surface area contributed by atoms with Crippen molar-refractivity contribution in [1.29, 1.82) is 0 Å². The Kier molecular flexibility index (Phi) is 28.0. The van der Waals surface area contributed by atoms with Crippen molar-refractivity contribution >= 4 is 54.4 Å². The molecule has 1 aliphatic rings. The van der Waals surface area contributed by atoms with E-state index in [0.29, 0.717) is 19.3 Å². The van der Waals surface area contributed by atoms with Crippen molar-refractivity contribution in [2.45, 2.75) is 85.0 Å². The summed E-state index contributed by atoms with van der Waals surface area (Å²) in [6, 6.07) is 32.3. The number of Topliss-reactive ketones (excluding diaryl/α,β-unsaturated/α-hetero) is 1. The van der Waals surface area contributed by atoms with Crippen LogP contribution >= 0.6 is 20.8 Å². The molecule has 0 saturated carbocycles. The van der Waals surface area contributed by atoms with Crippen molar-refractivity contribution in [2.75, 3.05) is 19.9 Å². The van der Waals surface area contributed by atoms with E-state index >= 15 is 0 Å². The maximum absolute atomic E-state index is 10.2. The molecule has 1 aliphatic heterocycles. The van der Waals surface area contributed by atoms with Gasteiger partial charge in [-0.05, 0) is 46.0 Å². The first-order valence-electron chi connectivity index (χ1n) is 16.6. The van der Waals surface area contributed by atoms with Gasteiger partial charge in [0, 0.05) is 32.5 Å². The summed E-state index contributed by atoms with van der Waals surface area (Å²) in [5.41, 5.74) is 1.05. The van der Waals surface area contributed by atoms with E-state index in [-0.39, 0.29) is 37.5 Å². The fraction of sp³-hybridized carbons (Fsp3) is 0.400. The zero-order valence-electron chi connectivity index (χ0n) is 30.4. The third-order valence-corrected chi connectivity index (χ3v) is 15.5. The van der Waals surface area contributed by atoms with E-state index in [2.05, 4.69) is 134 Å². The number of rotatable bonds is 12. The van der Waals surface area contributed by atoms with Gasteiger partial charge in [-0.3, -0.25) is 9.59 Å². The summed E-state index contributed by atoms with van der Waals surface area (Å²) in [5.74, 6) is -1.51. The first kappa shape index (κ1) is 48.6. The SMILES string of the molecule is C1CCOC1.C=C(C)CCCC(=O)O.CC(=O)CCCC(=O)O.CP(Br)(c1ccccc1)(c1ccccc1)c1ccccc1.[CH2-]CCC.[Li+]. The van der Waals surface area contributed by atoms with Gasteiger partial charge in [-0.2, -0.15) is 6.42 Å². The molecule has 3 aromatic rings. The number of ketones is 1. The van der Waals surface area contributed by atoms with E-state index < -0.39 is 17.2 Å². The molecule has 0 amide bonds. The normalized spacial score (nSPS) is 12.1. The van der Waals surface area contributed by atoms with Crippen LogP contribution in [0.4, 0.5) is 0 Å². The summed E-state index contributed by atoms with van der Waals surface area (Å²) in [4.78, 5) is 30.1. The molecule has 0 unspecified atom stereocenters. The molecule has 4 rings (SSSR count). The van der Waals surface area contributed by atoms with Crippen LogP contribution in [0.25, 0.3) is 0 Å². The third kappa shape index (κ3) is 21.3. The number of unbranched alkanes of at least 4 members (excludes halogenated alkanes) is 1. The van der Waals surface area contributed by atoms with Crippen LogP contribution in [0.15, 0.2) is 103 Å². The Morgan fingerprint density at radius 1 is 0.735 bits per heavy atom. The second-order valence-corrected chi connectivity index (χ2v) is 21.5. The molecule has 0 aromatic heterocycles. The number of hydrogen-bond acceptors (Lipinski definition) is 4. The maximum Gasteiger partial charge on any atom is 1.00 e. The van der Waals surface area contributed by atoms with Crippen LogP contribution < -0.4 is 34.8 Å². The molecule has 9 heteroatoms. The van der Waals surface area contributed by atoms with Gasteiger partial charge in [0.25, 0.3) is 0 Å². The molecular formula is C40H57BrLiO6P. The topological polar surface area (TPSA) is 101 Å². The predicted molar refractivity (Wildman–Crippen MR) is 209 cm³/mol. The predicted octanol–water partition coefficient (Wildman–Crippen LogP) is 6.52. The Hall–Kier alpha value is -2.52. The van der Waals surface area contributed by atoms with Crippen molar-refractivity contribution in [2.24, 2.45) is 0 Å². The van der Waals surface area contributed by atoms with Crippen molar-refractivity contribution in [3.8, 4) is 0 Å². The van der Waals surface area contributed by atoms with E-state index in [1.54, 1.807) is 0 Å². The Morgan fingerprint density at radius 2 is 1.06 bits per heavy atom. The molecule has 266 valence electrons. The van der Waals surface area contributed by atoms with Crippen LogP contribution in [-0.4, -0.2) is 47.8 Å². The molecule has 49 heavy (non-hydrogen) atoms. The molecule has 2 N–H and O–H groups in total. The van der Waals surface area contributed by atoms with Gasteiger partial charge in [0.15, 0.2) is 0 Å². The molecule has 0 bridgehead atoms. The molecule has 0 aliphatic carbocycles. The summed E-state index contributed by atoms with van der Waals surface area (Å²) in [6.45, 7) is 17.1. The Balaban J connectivity index is 0. The second-order valence-electron chi connectivity index (χ2n) is 11.8. The minimum absolute atomic E-state index is 0. The van der Waals surface area contributed by atoms with E-state index in [4.69, 9.17) is 14.9 Å². The smallest absolute Gasteiger partial charge is 0.343 e. The average Bonchev–Trinajstić information content (AvgIpc) is 3.67. The largest absolute Gasteiger partial charge is 1.00 e. The summed E-state index contributed by atoms with van der Waals surface area (Å²) >= 11 is 4.24. The minimum Gasteiger partial charge on any atom is -0.343 e. The molecule has 0 spiro atoms. The fourth-order valence-corrected chi connectivity index (χ4v) is 10.0. The number of ether oxygens (including phenoxy) is 1. The molecule has 0 atom stereocenters. The standard InChI is InChI=1S/C19H18BrP.C7H12O2.C6H10O3.C4H8O.C4H9.Li/c1-21(20,17-11-5-2-6-12-17,18-13-7-3-8-14-18)19-15-9-4-10-16-19;1-6(2)4-3-5-7(8)9;1-5(7)3-2-4-6(8)9;1-2-4-5-3-1;1-3-4-2;/h2-16H,1H3;1,3-5H2,2H3,(H,8,9);2-4H2,1H3,(H,8,9);1-4H2;1,3-4H2,2H3;/q;;;;-1;+1. The van der Waals surface area contributed by atoms with Gasteiger partial charge >= 0.3 is 165 Å². The van der Waals surface area contributed by atoms with Crippen LogP contribution in [0.3, 0.4) is 0 Å². The third-order valence-electron chi connectivity index (χ3n) is 7.21. The van der Waals surface area contributed by atoms with Crippen LogP contribution in [-0.2, 0) is 19.1 Å². The molecule has 0 radical (unpaired) electrons. The Bertz CT molecular complexity index is 1150. The van der Waals surface area contributed by atoms with Crippen LogP contribution in [0.5, 0.6) is 0 Å². The van der Waals surface area contributed by atoms with Crippen molar-refractivity contribution in [3.63, 3.8) is 0 Å². The maximum atomic E-state index is 10.2. The fourth-order valence-electron chi connectivity index (χ4n) is 4.33. The van der Waals surface area contributed by atoms with E-state index in [9.17, 15) is 14.4 Å². The van der Waals surface area contributed by atoms with Gasteiger partial charge < -0.3 is 26.7 Å². The Labute approximate surface area is 316 Å². The number of carbonyl (C=O) groups is 3. The number of carboxylic acids is 2. The number of halogens is 1. The van der Waals surface area contributed by atoms with Gasteiger partial charge in [0.2, 0.25) is 0 Å². The first-order chi connectivity index (χ1) is 22.8. The van der Waals surface area contributed by atoms with Crippen LogP contribution in [0.1, 0.15) is 85.0 Å². The quantitative estimate of drug-likeness (QED) is 0.0947. The number of aliphatic carboxylic acids is 2. The first-order valence-corrected chi connectivity index (χ1v) is 21.3. The van der Waals surface area contributed by atoms with Crippen LogP contribution in [0.2, 0.25) is 0 Å². The number of carbonyl (C=O) groups excluding carboxylic acids is 1. The summed E-state index contributed by atoms with van der Waals surface area (Å²) in [5, 5.41) is 17.8. The van der Waals surface area contributed by atoms with Gasteiger partial charge in [-0.1, -0.05) is 18.9 Å². The van der Waals surface area contributed by atoms with Crippen LogP contribution in [0, 0.1) is 6.92 Å². The summed E-state index contributed by atoms with van der Waals surface area (Å²) < 4.78 is 4.94. The van der Waals surface area contributed by atoms with Crippen molar-refractivity contribution < 1.29 is 48.2 Å². The summed E-state index contributed by atoms with van der Waals surface area (Å²) in [6.07, 6.45) is 7.57. The minimum atomic E-state index is -2.56.